The lowest BCUT2D eigenvalue weighted by Crippen LogP contribution is -2.22. The van der Waals surface area contributed by atoms with Crippen molar-refractivity contribution in [1.82, 2.24) is 4.90 Å². The van der Waals surface area contributed by atoms with E-state index in [-0.39, 0.29) is 5.91 Å². The smallest absolute Gasteiger partial charge is 0.265 e. The lowest BCUT2D eigenvalue weighted by atomic mass is 10.2. The van der Waals surface area contributed by atoms with Crippen molar-refractivity contribution in [2.75, 3.05) is 33.5 Å². The number of carbonyl (C=O) groups is 1. The second-order valence-electron chi connectivity index (χ2n) is 6.40. The van der Waals surface area contributed by atoms with Crippen molar-refractivity contribution in [2.45, 2.75) is 6.92 Å². The van der Waals surface area contributed by atoms with Gasteiger partial charge in [-0.1, -0.05) is 54.3 Å². The van der Waals surface area contributed by atoms with E-state index >= 15 is 0 Å². The highest BCUT2D eigenvalue weighted by Crippen LogP contribution is 2.33. The standard InChI is InChI=1S/C22H23NO4S2/c1-16-6-5-8-18(14-16)26-12-10-25-11-13-27-19-9-4-3-7-17(19)15-20-21(24)23(2)22(28)29-20/h3-9,14-15H,10-13H2,1-2H3. The van der Waals surface area contributed by atoms with Gasteiger partial charge in [0.1, 0.15) is 29.0 Å². The van der Waals surface area contributed by atoms with E-state index in [1.165, 1.54) is 16.7 Å². The van der Waals surface area contributed by atoms with Crippen LogP contribution in [0.15, 0.2) is 53.4 Å². The molecule has 1 saturated heterocycles. The number of hydrogen-bond acceptors (Lipinski definition) is 6. The van der Waals surface area contributed by atoms with E-state index in [1.807, 2.05) is 61.5 Å². The van der Waals surface area contributed by atoms with Crippen molar-refractivity contribution >= 4 is 40.3 Å². The summed E-state index contributed by atoms with van der Waals surface area (Å²) in [5.41, 5.74) is 2.00. The molecule has 0 spiro atoms. The van der Waals surface area contributed by atoms with E-state index in [0.717, 1.165) is 16.9 Å². The van der Waals surface area contributed by atoms with Crippen LogP contribution >= 0.6 is 24.0 Å². The molecule has 2 aromatic rings. The maximum Gasteiger partial charge on any atom is 0.265 e. The van der Waals surface area contributed by atoms with Crippen LogP contribution < -0.4 is 9.47 Å². The minimum atomic E-state index is -0.0910. The Morgan fingerprint density at radius 3 is 2.52 bits per heavy atom. The fraction of sp³-hybridized carbons (Fsp3) is 0.273. The molecule has 5 nitrogen and oxygen atoms in total. The van der Waals surface area contributed by atoms with Gasteiger partial charge in [0.25, 0.3) is 5.91 Å². The average Bonchev–Trinajstić information content (AvgIpc) is 2.95. The first kappa shape index (κ1) is 21.4. The van der Waals surface area contributed by atoms with E-state index in [9.17, 15) is 4.79 Å². The molecule has 0 unspecified atom stereocenters. The minimum absolute atomic E-state index is 0.0910. The number of para-hydroxylation sites is 1. The summed E-state index contributed by atoms with van der Waals surface area (Å²) in [7, 11) is 1.68. The molecule has 0 saturated carbocycles. The van der Waals surface area contributed by atoms with Gasteiger partial charge in [-0.3, -0.25) is 9.69 Å². The second-order valence-corrected chi connectivity index (χ2v) is 8.08. The first-order chi connectivity index (χ1) is 14.0. The number of amides is 1. The molecule has 0 N–H and O–H groups in total. The van der Waals surface area contributed by atoms with E-state index in [1.54, 1.807) is 7.05 Å². The monoisotopic (exact) mass is 429 g/mol. The number of thioether (sulfide) groups is 1. The van der Waals surface area contributed by atoms with Gasteiger partial charge in [-0.25, -0.2) is 0 Å². The summed E-state index contributed by atoms with van der Waals surface area (Å²) in [6, 6.07) is 15.5. The van der Waals surface area contributed by atoms with Gasteiger partial charge in [-0.05, 0) is 36.8 Å². The number of nitrogens with zero attached hydrogens (tertiary/aromatic N) is 1. The number of carbonyl (C=O) groups excluding carboxylic acids is 1. The van der Waals surface area contributed by atoms with E-state index in [0.29, 0.717) is 41.4 Å². The summed E-state index contributed by atoms with van der Waals surface area (Å²) in [5, 5.41) is 0. The van der Waals surface area contributed by atoms with Crippen LogP contribution in [0, 0.1) is 6.92 Å². The van der Waals surface area contributed by atoms with Crippen LogP contribution in [0.3, 0.4) is 0 Å². The van der Waals surface area contributed by atoms with Crippen LogP contribution in [0.5, 0.6) is 11.5 Å². The zero-order valence-corrected chi connectivity index (χ0v) is 18.1. The van der Waals surface area contributed by atoms with Gasteiger partial charge in [-0.2, -0.15) is 0 Å². The largest absolute Gasteiger partial charge is 0.491 e. The molecule has 1 amide bonds. The van der Waals surface area contributed by atoms with Gasteiger partial charge >= 0.3 is 0 Å². The maximum absolute atomic E-state index is 12.2. The zero-order chi connectivity index (χ0) is 20.6. The fourth-order valence-corrected chi connectivity index (χ4v) is 3.82. The molecule has 0 aliphatic carbocycles. The Kier molecular flexibility index (Phi) is 7.69. The molecular weight excluding hydrogens is 406 g/mol. The third-order valence-corrected chi connectivity index (χ3v) is 5.65. The number of benzene rings is 2. The summed E-state index contributed by atoms with van der Waals surface area (Å²) >= 11 is 6.47. The number of aryl methyl sites for hydroxylation is 1. The topological polar surface area (TPSA) is 48.0 Å². The normalized spacial score (nSPS) is 15.2. The van der Waals surface area contributed by atoms with Crippen LogP contribution in [-0.2, 0) is 9.53 Å². The molecule has 1 fully saturated rings. The van der Waals surface area contributed by atoms with Gasteiger partial charge in [0, 0.05) is 12.6 Å². The summed E-state index contributed by atoms with van der Waals surface area (Å²) < 4.78 is 17.6. The molecule has 0 bridgehead atoms. The Morgan fingerprint density at radius 2 is 1.79 bits per heavy atom. The van der Waals surface area contributed by atoms with Crippen LogP contribution in [0.4, 0.5) is 0 Å². The van der Waals surface area contributed by atoms with Crippen LogP contribution in [-0.4, -0.2) is 48.6 Å². The van der Waals surface area contributed by atoms with Crippen molar-refractivity contribution < 1.29 is 19.0 Å². The van der Waals surface area contributed by atoms with Crippen molar-refractivity contribution in [3.63, 3.8) is 0 Å². The molecule has 0 radical (unpaired) electrons. The quantitative estimate of drug-likeness (QED) is 0.337. The van der Waals surface area contributed by atoms with Crippen molar-refractivity contribution in [3.8, 4) is 11.5 Å². The average molecular weight is 430 g/mol. The van der Waals surface area contributed by atoms with Crippen molar-refractivity contribution in [2.24, 2.45) is 0 Å². The predicted octanol–water partition coefficient (Wildman–Crippen LogP) is 4.30. The Hall–Kier alpha value is -2.35. The Bertz CT molecular complexity index is 913. The molecule has 152 valence electrons. The number of ether oxygens (including phenoxy) is 3. The molecule has 1 heterocycles. The minimum Gasteiger partial charge on any atom is -0.491 e. The predicted molar refractivity (Wildman–Crippen MR) is 120 cm³/mol. The highest BCUT2D eigenvalue weighted by molar-refractivity contribution is 8.26. The molecule has 3 rings (SSSR count). The van der Waals surface area contributed by atoms with Crippen molar-refractivity contribution in [1.29, 1.82) is 0 Å². The van der Waals surface area contributed by atoms with E-state index in [2.05, 4.69) is 0 Å². The summed E-state index contributed by atoms with van der Waals surface area (Å²) in [4.78, 5) is 14.3. The molecule has 7 heteroatoms. The Labute approximate surface area is 180 Å². The van der Waals surface area contributed by atoms with Crippen molar-refractivity contribution in [3.05, 3.63) is 64.6 Å². The highest BCUT2D eigenvalue weighted by Gasteiger charge is 2.28. The molecule has 1 aliphatic rings. The molecule has 0 aromatic heterocycles. The van der Waals surface area contributed by atoms with Gasteiger partial charge in [0.2, 0.25) is 0 Å². The van der Waals surface area contributed by atoms with Gasteiger partial charge in [-0.15, -0.1) is 0 Å². The van der Waals surface area contributed by atoms with E-state index in [4.69, 9.17) is 26.4 Å². The van der Waals surface area contributed by atoms with Gasteiger partial charge < -0.3 is 14.2 Å². The molecule has 2 aromatic carbocycles. The Morgan fingerprint density at radius 1 is 1.03 bits per heavy atom. The summed E-state index contributed by atoms with van der Waals surface area (Å²) in [6.07, 6.45) is 1.81. The number of likely N-dealkylation sites (N-methyl/N-ethyl adjacent to an activating group) is 1. The van der Waals surface area contributed by atoms with Crippen LogP contribution in [0.25, 0.3) is 6.08 Å². The zero-order valence-electron chi connectivity index (χ0n) is 16.4. The lowest BCUT2D eigenvalue weighted by molar-refractivity contribution is -0.121. The molecule has 29 heavy (non-hydrogen) atoms. The molecule has 1 aliphatic heterocycles. The summed E-state index contributed by atoms with van der Waals surface area (Å²) in [5.74, 6) is 1.46. The number of hydrogen-bond donors (Lipinski definition) is 0. The number of thiocarbonyl (C=S) groups is 1. The first-order valence-corrected chi connectivity index (χ1v) is 10.5. The van der Waals surface area contributed by atoms with Gasteiger partial charge in [0.05, 0.1) is 18.1 Å². The fourth-order valence-electron chi connectivity index (χ4n) is 2.65. The van der Waals surface area contributed by atoms with Gasteiger partial charge in [0.15, 0.2) is 0 Å². The SMILES string of the molecule is Cc1cccc(OCCOCCOc2ccccc2C=C2SC(=S)N(C)C2=O)c1. The maximum atomic E-state index is 12.2. The second kappa shape index (κ2) is 10.4. The third-order valence-electron chi connectivity index (χ3n) is 4.16. The van der Waals surface area contributed by atoms with Crippen LogP contribution in [0.1, 0.15) is 11.1 Å². The number of rotatable bonds is 9. The third kappa shape index (κ3) is 6.06. The molecule has 0 atom stereocenters. The highest BCUT2D eigenvalue weighted by atomic mass is 32.2. The summed E-state index contributed by atoms with van der Waals surface area (Å²) in [6.45, 7) is 3.85. The first-order valence-electron chi connectivity index (χ1n) is 9.25. The lowest BCUT2D eigenvalue weighted by Gasteiger charge is -2.11. The molecular formula is C22H23NO4S2. The van der Waals surface area contributed by atoms with Crippen LogP contribution in [0.2, 0.25) is 0 Å². The Balaban J connectivity index is 1.43. The van der Waals surface area contributed by atoms with E-state index < -0.39 is 0 Å².